The molecule has 0 spiro atoms. The van der Waals surface area contributed by atoms with Crippen LogP contribution in [0.4, 0.5) is 0 Å². The molecule has 1 aliphatic rings. The molecule has 0 unspecified atom stereocenters. The molecule has 110 valence electrons. The lowest BCUT2D eigenvalue weighted by atomic mass is 9.99. The highest BCUT2D eigenvalue weighted by molar-refractivity contribution is 6.25. The van der Waals surface area contributed by atoms with Gasteiger partial charge in [0.15, 0.2) is 5.60 Å². The summed E-state index contributed by atoms with van der Waals surface area (Å²) in [5, 5.41) is 11.3. The lowest BCUT2D eigenvalue weighted by Gasteiger charge is -2.38. The third-order valence-corrected chi connectivity index (χ3v) is 2.96. The lowest BCUT2D eigenvalue weighted by molar-refractivity contribution is -0.202. The van der Waals surface area contributed by atoms with E-state index in [1.807, 2.05) is 0 Å². The van der Waals surface area contributed by atoms with E-state index in [1.54, 1.807) is 0 Å². The zero-order valence-electron chi connectivity index (χ0n) is 10.9. The van der Waals surface area contributed by atoms with E-state index in [4.69, 9.17) is 20.1 Å². The van der Waals surface area contributed by atoms with Crippen LogP contribution in [0.15, 0.2) is 0 Å². The number of ether oxygens (including phenoxy) is 2. The van der Waals surface area contributed by atoms with Crippen LogP contribution < -0.4 is 5.32 Å². The average Bonchev–Trinajstić information content (AvgIpc) is 2.33. The molecule has 1 amide bonds. The van der Waals surface area contributed by atoms with Gasteiger partial charge in [-0.3, -0.25) is 9.59 Å². The van der Waals surface area contributed by atoms with Crippen molar-refractivity contribution in [3.8, 4) is 0 Å². The molecular weight excluding hydrogens is 270 g/mol. The van der Waals surface area contributed by atoms with E-state index < -0.39 is 29.3 Å². The normalized spacial score (nSPS) is 17.2. The van der Waals surface area contributed by atoms with Crippen LogP contribution in [0.3, 0.4) is 0 Å². The molecule has 2 N–H and O–H groups in total. The first-order valence-corrected chi connectivity index (χ1v) is 5.82. The maximum absolute atomic E-state index is 11.9. The maximum Gasteiger partial charge on any atom is 0.326 e. The van der Waals surface area contributed by atoms with Crippen LogP contribution >= 0.6 is 0 Å². The molecule has 20 heavy (non-hydrogen) atoms. The summed E-state index contributed by atoms with van der Waals surface area (Å²) in [6.45, 7) is 0.107. The van der Waals surface area contributed by atoms with Crippen molar-refractivity contribution in [2.24, 2.45) is 0 Å². The Morgan fingerprint density at radius 3 is 2.60 bits per heavy atom. The van der Waals surface area contributed by atoms with Gasteiger partial charge in [0.05, 0.1) is 13.2 Å². The van der Waals surface area contributed by atoms with Crippen molar-refractivity contribution in [2.45, 2.75) is 24.5 Å². The molecule has 1 rings (SSSR count). The summed E-state index contributed by atoms with van der Waals surface area (Å²) < 4.78 is 9.92. The molecule has 0 aromatic rings. The number of carbonyl (C=O) groups is 3. The van der Waals surface area contributed by atoms with E-state index in [1.165, 1.54) is 7.11 Å². The minimum atomic E-state index is -1.27. The number of rotatable bonds is 8. The second kappa shape index (κ2) is 6.90. The SMILES string of the molecule is COC1(C(=O)N[C@@H](CCC(=O)C=[N+]=[N-])C(=O)O)COC1. The van der Waals surface area contributed by atoms with Crippen molar-refractivity contribution in [3.05, 3.63) is 5.53 Å². The van der Waals surface area contributed by atoms with Gasteiger partial charge in [0, 0.05) is 13.5 Å². The van der Waals surface area contributed by atoms with Gasteiger partial charge in [-0.25, -0.2) is 4.79 Å². The van der Waals surface area contributed by atoms with E-state index in [2.05, 4.69) is 10.1 Å². The molecule has 1 fully saturated rings. The summed E-state index contributed by atoms with van der Waals surface area (Å²) >= 11 is 0. The number of nitrogens with zero attached hydrogens (tertiary/aromatic N) is 2. The van der Waals surface area contributed by atoms with Gasteiger partial charge in [0.2, 0.25) is 5.78 Å². The Kier molecular flexibility index (Phi) is 5.51. The van der Waals surface area contributed by atoms with E-state index in [-0.39, 0.29) is 26.1 Å². The van der Waals surface area contributed by atoms with Crippen LogP contribution in [-0.2, 0) is 23.9 Å². The smallest absolute Gasteiger partial charge is 0.326 e. The van der Waals surface area contributed by atoms with Crippen LogP contribution in [0.5, 0.6) is 0 Å². The van der Waals surface area contributed by atoms with Crippen molar-refractivity contribution in [2.75, 3.05) is 20.3 Å². The third-order valence-electron chi connectivity index (χ3n) is 2.96. The summed E-state index contributed by atoms with van der Waals surface area (Å²) in [6.07, 6.45) is 0.390. The Balaban J connectivity index is 2.59. The standard InChI is InChI=1S/C11H15N3O6/c1-19-11(5-20-6-11)10(18)14-8(9(16)17)3-2-7(15)4-13-12/h4,8H,2-3,5-6H2,1H3,(H,14,18)(H,16,17)/t8-/m0/s1. The largest absolute Gasteiger partial charge is 0.480 e. The third kappa shape index (κ3) is 3.70. The zero-order valence-corrected chi connectivity index (χ0v) is 10.9. The van der Waals surface area contributed by atoms with Gasteiger partial charge < -0.3 is 25.4 Å². The van der Waals surface area contributed by atoms with Gasteiger partial charge in [-0.1, -0.05) is 0 Å². The first kappa shape index (κ1) is 16.0. The number of hydrogen-bond donors (Lipinski definition) is 2. The molecule has 0 aromatic carbocycles. The highest BCUT2D eigenvalue weighted by Gasteiger charge is 2.47. The highest BCUT2D eigenvalue weighted by Crippen LogP contribution is 2.21. The Hall–Kier alpha value is -2.09. The quantitative estimate of drug-likeness (QED) is 0.320. The molecule has 1 atom stereocenters. The Labute approximate surface area is 114 Å². The van der Waals surface area contributed by atoms with Crippen molar-refractivity contribution in [1.82, 2.24) is 5.32 Å². The maximum atomic E-state index is 11.9. The van der Waals surface area contributed by atoms with Crippen LogP contribution in [-0.4, -0.2) is 65.7 Å². The topological polar surface area (TPSA) is 138 Å². The van der Waals surface area contributed by atoms with E-state index in [9.17, 15) is 14.4 Å². The molecule has 0 radical (unpaired) electrons. The monoisotopic (exact) mass is 285 g/mol. The second-order valence-electron chi connectivity index (χ2n) is 4.31. The van der Waals surface area contributed by atoms with Gasteiger partial charge in [-0.15, -0.1) is 0 Å². The number of carboxylic acids is 1. The highest BCUT2D eigenvalue weighted by atomic mass is 16.6. The summed E-state index contributed by atoms with van der Waals surface area (Å²) in [5.41, 5.74) is 7.00. The first-order valence-electron chi connectivity index (χ1n) is 5.82. The molecule has 0 aliphatic carbocycles. The van der Waals surface area contributed by atoms with E-state index in [0.29, 0.717) is 6.21 Å². The van der Waals surface area contributed by atoms with Crippen LogP contribution in [0.25, 0.3) is 5.53 Å². The molecule has 1 aliphatic heterocycles. The number of hydrogen-bond acceptors (Lipinski definition) is 5. The van der Waals surface area contributed by atoms with E-state index in [0.717, 1.165) is 0 Å². The van der Waals surface area contributed by atoms with Crippen molar-refractivity contribution < 1.29 is 33.8 Å². The number of ketones is 1. The number of methoxy groups -OCH3 is 1. The van der Waals surface area contributed by atoms with Crippen molar-refractivity contribution in [1.29, 1.82) is 0 Å². The van der Waals surface area contributed by atoms with Gasteiger partial charge in [-0.2, -0.15) is 4.79 Å². The number of aliphatic carboxylic acids is 1. The minimum Gasteiger partial charge on any atom is -0.480 e. The van der Waals surface area contributed by atoms with Crippen LogP contribution in [0, 0.1) is 0 Å². The number of amides is 1. The molecule has 9 nitrogen and oxygen atoms in total. The van der Waals surface area contributed by atoms with Gasteiger partial charge in [0.25, 0.3) is 5.91 Å². The molecule has 1 heterocycles. The Morgan fingerprint density at radius 2 is 2.20 bits per heavy atom. The van der Waals surface area contributed by atoms with Gasteiger partial charge in [-0.05, 0) is 6.42 Å². The summed E-state index contributed by atoms with van der Waals surface area (Å²) in [4.78, 5) is 36.6. The molecule has 9 heteroatoms. The first-order chi connectivity index (χ1) is 9.45. The molecule has 1 saturated heterocycles. The fraction of sp³-hybridized carbons (Fsp3) is 0.636. The molecular formula is C11H15N3O6. The molecule has 0 saturated carbocycles. The minimum absolute atomic E-state index is 0.0533. The van der Waals surface area contributed by atoms with Gasteiger partial charge in [0.1, 0.15) is 6.04 Å². The Morgan fingerprint density at radius 1 is 1.55 bits per heavy atom. The fourth-order valence-electron chi connectivity index (χ4n) is 1.59. The predicted molar refractivity (Wildman–Crippen MR) is 64.0 cm³/mol. The summed E-state index contributed by atoms with van der Waals surface area (Å²) in [7, 11) is 1.33. The second-order valence-corrected chi connectivity index (χ2v) is 4.31. The fourth-order valence-corrected chi connectivity index (χ4v) is 1.59. The van der Waals surface area contributed by atoms with Crippen molar-refractivity contribution in [3.63, 3.8) is 0 Å². The summed E-state index contributed by atoms with van der Waals surface area (Å²) in [6, 6.07) is -1.23. The van der Waals surface area contributed by atoms with E-state index >= 15 is 0 Å². The van der Waals surface area contributed by atoms with Crippen LogP contribution in [0.1, 0.15) is 12.8 Å². The zero-order chi connectivity index (χ0) is 15.2. The molecule has 0 aromatic heterocycles. The summed E-state index contributed by atoms with van der Waals surface area (Å²) in [5.74, 6) is -2.40. The average molecular weight is 285 g/mol. The molecule has 0 bridgehead atoms. The number of carbonyl (C=O) groups excluding carboxylic acids is 2. The number of Topliss-reactive ketones (excluding diaryl/α,β-unsaturated/α-hetero) is 1. The van der Waals surface area contributed by atoms with Crippen molar-refractivity contribution >= 4 is 23.9 Å². The number of carboxylic acid groups (broad SMARTS) is 1. The Bertz CT molecular complexity index is 448. The number of nitrogens with one attached hydrogen (secondary N) is 1. The predicted octanol–water partition coefficient (Wildman–Crippen LogP) is -1.38. The van der Waals surface area contributed by atoms with Gasteiger partial charge >= 0.3 is 12.2 Å². The lowest BCUT2D eigenvalue weighted by Crippen LogP contribution is -2.63. The van der Waals surface area contributed by atoms with Crippen LogP contribution in [0.2, 0.25) is 0 Å².